The Kier molecular flexibility index (Phi) is 6.26. The Morgan fingerprint density at radius 2 is 0.844 bits per heavy atom. The van der Waals surface area contributed by atoms with Gasteiger partial charge in [-0.2, -0.15) is 0 Å². The highest BCUT2D eigenvalue weighted by Crippen LogP contribution is 2.47. The SMILES string of the molecule is c1ccc(-c2ccc(N(c3ccc4sc5ccccc5c4c3)c3cc4sc5ccccc5c4cc3-c3ccccc3)cc2)cc1. The van der Waals surface area contributed by atoms with Gasteiger partial charge in [0.15, 0.2) is 0 Å². The van der Waals surface area contributed by atoms with Gasteiger partial charge in [0.2, 0.25) is 0 Å². The van der Waals surface area contributed by atoms with Gasteiger partial charge in [0.25, 0.3) is 0 Å². The third-order valence-corrected chi connectivity index (χ3v) is 11.0. The zero-order valence-electron chi connectivity index (χ0n) is 24.4. The Labute approximate surface area is 269 Å². The summed E-state index contributed by atoms with van der Waals surface area (Å²) in [4.78, 5) is 2.45. The first-order valence-electron chi connectivity index (χ1n) is 15.2. The van der Waals surface area contributed by atoms with Crippen molar-refractivity contribution in [2.24, 2.45) is 0 Å². The number of hydrogen-bond acceptors (Lipinski definition) is 3. The van der Waals surface area contributed by atoms with E-state index in [0.717, 1.165) is 11.4 Å². The molecule has 0 aliphatic carbocycles. The minimum absolute atomic E-state index is 1.13. The lowest BCUT2D eigenvalue weighted by Gasteiger charge is -2.28. The van der Waals surface area contributed by atoms with Crippen LogP contribution in [0.3, 0.4) is 0 Å². The predicted molar refractivity (Wildman–Crippen MR) is 198 cm³/mol. The molecule has 0 aliphatic heterocycles. The van der Waals surface area contributed by atoms with Crippen molar-refractivity contribution >= 4 is 80.1 Å². The summed E-state index contributed by atoms with van der Waals surface area (Å²) in [5, 5.41) is 5.22. The molecular formula is C42H27NS2. The highest BCUT2D eigenvalue weighted by Gasteiger charge is 2.21. The number of hydrogen-bond donors (Lipinski definition) is 0. The van der Waals surface area contributed by atoms with Crippen LogP contribution in [-0.4, -0.2) is 0 Å². The second-order valence-electron chi connectivity index (χ2n) is 11.4. The van der Waals surface area contributed by atoms with Crippen LogP contribution in [0.5, 0.6) is 0 Å². The molecule has 0 fully saturated rings. The van der Waals surface area contributed by atoms with Crippen molar-refractivity contribution in [3.8, 4) is 22.3 Å². The van der Waals surface area contributed by atoms with Crippen molar-refractivity contribution in [3.63, 3.8) is 0 Å². The summed E-state index contributed by atoms with van der Waals surface area (Å²) in [7, 11) is 0. The summed E-state index contributed by atoms with van der Waals surface area (Å²) in [5.74, 6) is 0. The first-order valence-corrected chi connectivity index (χ1v) is 16.8. The van der Waals surface area contributed by atoms with Gasteiger partial charge in [-0.25, -0.2) is 0 Å². The molecule has 0 saturated carbocycles. The fraction of sp³-hybridized carbons (Fsp3) is 0. The van der Waals surface area contributed by atoms with Gasteiger partial charge in [-0.1, -0.05) is 109 Å². The third-order valence-electron chi connectivity index (χ3n) is 8.67. The molecule has 0 unspecified atom stereocenters. The molecule has 2 heterocycles. The highest BCUT2D eigenvalue weighted by molar-refractivity contribution is 7.26. The number of fused-ring (bicyclic) bond motifs is 6. The summed E-state index contributed by atoms with van der Waals surface area (Å²) in [6.07, 6.45) is 0. The Balaban J connectivity index is 1.32. The quantitative estimate of drug-likeness (QED) is 0.188. The van der Waals surface area contributed by atoms with Gasteiger partial charge in [-0.15, -0.1) is 22.7 Å². The predicted octanol–water partition coefficient (Wildman–Crippen LogP) is 13.2. The first kappa shape index (κ1) is 26.2. The number of benzene rings is 7. The second kappa shape index (κ2) is 10.7. The Bertz CT molecular complexity index is 2470. The van der Waals surface area contributed by atoms with Gasteiger partial charge in [-0.3, -0.25) is 0 Å². The Hall–Kier alpha value is -5.22. The molecule has 0 bridgehead atoms. The first-order chi connectivity index (χ1) is 22.3. The van der Waals surface area contributed by atoms with E-state index in [2.05, 4.69) is 169 Å². The number of rotatable bonds is 5. The van der Waals surface area contributed by atoms with Crippen LogP contribution in [0.25, 0.3) is 62.6 Å². The number of anilines is 3. The molecule has 0 spiro atoms. The van der Waals surface area contributed by atoms with Crippen LogP contribution in [0, 0.1) is 0 Å². The van der Waals surface area contributed by atoms with Gasteiger partial charge >= 0.3 is 0 Å². The molecule has 0 amide bonds. The normalized spacial score (nSPS) is 11.6. The molecule has 3 heteroatoms. The average molecular weight is 610 g/mol. The molecule has 2 aromatic heterocycles. The van der Waals surface area contributed by atoms with Gasteiger partial charge in [0, 0.05) is 57.3 Å². The smallest absolute Gasteiger partial charge is 0.0554 e. The molecule has 9 rings (SSSR count). The maximum absolute atomic E-state index is 2.45. The molecule has 0 saturated heterocycles. The van der Waals surface area contributed by atoms with Gasteiger partial charge in [-0.05, 0) is 71.3 Å². The van der Waals surface area contributed by atoms with E-state index >= 15 is 0 Å². The summed E-state index contributed by atoms with van der Waals surface area (Å²) >= 11 is 3.73. The summed E-state index contributed by atoms with van der Waals surface area (Å²) in [6, 6.07) is 59.7. The van der Waals surface area contributed by atoms with Crippen molar-refractivity contribution < 1.29 is 0 Å². The minimum atomic E-state index is 1.13. The van der Waals surface area contributed by atoms with Crippen LogP contribution in [0.4, 0.5) is 17.1 Å². The van der Waals surface area contributed by atoms with E-state index in [-0.39, 0.29) is 0 Å². The van der Waals surface area contributed by atoms with Crippen molar-refractivity contribution in [1.82, 2.24) is 0 Å². The lowest BCUT2D eigenvalue weighted by molar-refractivity contribution is 1.30. The van der Waals surface area contributed by atoms with Crippen molar-refractivity contribution in [1.29, 1.82) is 0 Å². The van der Waals surface area contributed by atoms with Gasteiger partial charge in [0.1, 0.15) is 0 Å². The van der Waals surface area contributed by atoms with E-state index in [9.17, 15) is 0 Å². The monoisotopic (exact) mass is 609 g/mol. The standard InChI is InChI=1S/C42H27NS2/c1-3-11-28(12-4-1)29-19-21-31(22-20-29)43(32-23-24-41-36(25-32)33-15-7-9-17-39(33)44-41)38-27-42-37(34-16-8-10-18-40(34)45-42)26-35(38)30-13-5-2-6-14-30/h1-27H. The molecule has 0 N–H and O–H groups in total. The van der Waals surface area contributed by atoms with Crippen LogP contribution in [0.1, 0.15) is 0 Å². The maximum atomic E-state index is 2.45. The lowest BCUT2D eigenvalue weighted by Crippen LogP contribution is -2.11. The highest BCUT2D eigenvalue weighted by atomic mass is 32.1. The van der Waals surface area contributed by atoms with Crippen LogP contribution in [-0.2, 0) is 0 Å². The molecule has 0 atom stereocenters. The van der Waals surface area contributed by atoms with Crippen LogP contribution < -0.4 is 4.90 Å². The van der Waals surface area contributed by atoms with E-state index < -0.39 is 0 Å². The summed E-state index contributed by atoms with van der Waals surface area (Å²) < 4.78 is 5.23. The van der Waals surface area contributed by atoms with E-state index in [1.165, 1.54) is 68.3 Å². The number of nitrogens with zero attached hydrogens (tertiary/aromatic N) is 1. The van der Waals surface area contributed by atoms with E-state index in [4.69, 9.17) is 0 Å². The van der Waals surface area contributed by atoms with Crippen molar-refractivity contribution in [3.05, 3.63) is 164 Å². The Morgan fingerprint density at radius 1 is 0.333 bits per heavy atom. The van der Waals surface area contributed by atoms with E-state index in [0.29, 0.717) is 0 Å². The fourth-order valence-corrected chi connectivity index (χ4v) is 8.72. The summed E-state index contributed by atoms with van der Waals surface area (Å²) in [5.41, 5.74) is 8.31. The fourth-order valence-electron chi connectivity index (χ4n) is 6.51. The Morgan fingerprint density at radius 3 is 1.53 bits per heavy atom. The maximum Gasteiger partial charge on any atom is 0.0554 e. The third kappa shape index (κ3) is 4.52. The largest absolute Gasteiger partial charge is 0.310 e. The van der Waals surface area contributed by atoms with Crippen LogP contribution in [0.2, 0.25) is 0 Å². The molecule has 212 valence electrons. The van der Waals surface area contributed by atoms with E-state index in [1.54, 1.807) is 0 Å². The van der Waals surface area contributed by atoms with E-state index in [1.807, 2.05) is 22.7 Å². The molecule has 45 heavy (non-hydrogen) atoms. The van der Waals surface area contributed by atoms with Gasteiger partial charge < -0.3 is 4.90 Å². The zero-order valence-corrected chi connectivity index (χ0v) is 26.0. The lowest BCUT2D eigenvalue weighted by atomic mass is 9.98. The van der Waals surface area contributed by atoms with Crippen molar-refractivity contribution in [2.75, 3.05) is 4.90 Å². The van der Waals surface area contributed by atoms with Crippen LogP contribution in [0.15, 0.2) is 164 Å². The number of thiophene rings is 2. The van der Waals surface area contributed by atoms with Crippen molar-refractivity contribution in [2.45, 2.75) is 0 Å². The molecule has 0 radical (unpaired) electrons. The minimum Gasteiger partial charge on any atom is -0.310 e. The molecular weight excluding hydrogens is 583 g/mol. The summed E-state index contributed by atoms with van der Waals surface area (Å²) in [6.45, 7) is 0. The molecule has 7 aromatic carbocycles. The zero-order chi connectivity index (χ0) is 29.7. The molecule has 9 aromatic rings. The topological polar surface area (TPSA) is 3.24 Å². The van der Waals surface area contributed by atoms with Gasteiger partial charge in [0.05, 0.1) is 5.69 Å². The second-order valence-corrected chi connectivity index (χ2v) is 13.5. The molecule has 0 aliphatic rings. The molecule has 1 nitrogen and oxygen atoms in total. The van der Waals surface area contributed by atoms with Crippen LogP contribution >= 0.6 is 22.7 Å². The average Bonchev–Trinajstić information content (AvgIpc) is 3.67.